The van der Waals surface area contributed by atoms with E-state index in [4.69, 9.17) is 4.74 Å². The minimum Gasteiger partial charge on any atom is -0.444 e. The van der Waals surface area contributed by atoms with Gasteiger partial charge in [-0.2, -0.15) is 0 Å². The van der Waals surface area contributed by atoms with Crippen LogP contribution in [0.2, 0.25) is 0 Å². The molecule has 1 aromatic heterocycles. The van der Waals surface area contributed by atoms with E-state index in [1.54, 1.807) is 0 Å². The van der Waals surface area contributed by atoms with E-state index >= 15 is 0 Å². The Morgan fingerprint density at radius 3 is 2.52 bits per heavy atom. The van der Waals surface area contributed by atoms with E-state index in [0.717, 1.165) is 37.2 Å². The van der Waals surface area contributed by atoms with Crippen molar-refractivity contribution in [3.05, 3.63) is 23.9 Å². The Morgan fingerprint density at radius 1 is 1.16 bits per heavy atom. The van der Waals surface area contributed by atoms with E-state index < -0.39 is 5.60 Å². The van der Waals surface area contributed by atoms with Crippen LogP contribution in [0.4, 0.5) is 10.6 Å². The largest absolute Gasteiger partial charge is 0.444 e. The Balaban J connectivity index is 1.68. The summed E-state index contributed by atoms with van der Waals surface area (Å²) in [5.41, 5.74) is 0.634. The first-order valence-corrected chi connectivity index (χ1v) is 9.64. The average Bonchev–Trinajstić information content (AvgIpc) is 3.07. The minimum atomic E-state index is -0.466. The molecule has 5 nitrogen and oxygen atoms in total. The Labute approximate surface area is 151 Å². The number of pyridine rings is 1. The zero-order chi connectivity index (χ0) is 17.9. The predicted molar refractivity (Wildman–Crippen MR) is 99.6 cm³/mol. The van der Waals surface area contributed by atoms with Gasteiger partial charge in [-0.3, -0.25) is 0 Å². The molecule has 0 bridgehead atoms. The number of aromatic nitrogens is 1. The van der Waals surface area contributed by atoms with Crippen LogP contribution in [0, 0.1) is 0 Å². The van der Waals surface area contributed by atoms with Gasteiger partial charge < -0.3 is 15.0 Å². The molecule has 1 amide bonds. The van der Waals surface area contributed by atoms with Gasteiger partial charge in [0.2, 0.25) is 0 Å². The molecule has 1 aromatic rings. The van der Waals surface area contributed by atoms with Crippen LogP contribution < -0.4 is 5.32 Å². The standard InChI is InChI=1S/C20H31N3O2/c1-20(2,3)25-19(24)23-13-7-6-10-17(23)15-11-12-18(21-14-15)22-16-8-4-5-9-16/h11-12,14,16-17H,4-10,13H2,1-3H3,(H,21,22). The molecule has 1 unspecified atom stereocenters. The third-order valence-electron chi connectivity index (χ3n) is 5.01. The number of amides is 1. The Kier molecular flexibility index (Phi) is 5.50. The number of nitrogens with zero attached hydrogens (tertiary/aromatic N) is 2. The van der Waals surface area contributed by atoms with Gasteiger partial charge in [0.05, 0.1) is 6.04 Å². The Bertz CT molecular complexity index is 574. The molecular weight excluding hydrogens is 314 g/mol. The highest BCUT2D eigenvalue weighted by atomic mass is 16.6. The molecule has 1 saturated heterocycles. The molecule has 1 saturated carbocycles. The van der Waals surface area contributed by atoms with Gasteiger partial charge >= 0.3 is 6.09 Å². The van der Waals surface area contributed by atoms with Crippen molar-refractivity contribution in [1.29, 1.82) is 0 Å². The van der Waals surface area contributed by atoms with E-state index in [9.17, 15) is 4.79 Å². The summed E-state index contributed by atoms with van der Waals surface area (Å²) in [5, 5.41) is 3.52. The van der Waals surface area contributed by atoms with Crippen molar-refractivity contribution in [3.63, 3.8) is 0 Å². The monoisotopic (exact) mass is 345 g/mol. The van der Waals surface area contributed by atoms with Crippen LogP contribution in [0.5, 0.6) is 0 Å². The molecular formula is C20H31N3O2. The van der Waals surface area contributed by atoms with E-state index in [0.29, 0.717) is 6.04 Å². The maximum absolute atomic E-state index is 12.6. The van der Waals surface area contributed by atoms with Gasteiger partial charge in [-0.15, -0.1) is 0 Å². The van der Waals surface area contributed by atoms with E-state index in [2.05, 4.69) is 22.4 Å². The molecule has 2 heterocycles. The van der Waals surface area contributed by atoms with Crippen LogP contribution in [0.25, 0.3) is 0 Å². The van der Waals surface area contributed by atoms with Gasteiger partial charge in [0, 0.05) is 18.8 Å². The van der Waals surface area contributed by atoms with Crippen LogP contribution in [0.3, 0.4) is 0 Å². The van der Waals surface area contributed by atoms with Crippen LogP contribution >= 0.6 is 0 Å². The molecule has 138 valence electrons. The second-order valence-corrected chi connectivity index (χ2v) is 8.29. The third kappa shape index (κ3) is 4.86. The Hall–Kier alpha value is -1.78. The van der Waals surface area contributed by atoms with Crippen molar-refractivity contribution in [2.24, 2.45) is 0 Å². The second-order valence-electron chi connectivity index (χ2n) is 8.29. The van der Waals surface area contributed by atoms with Crippen LogP contribution in [-0.4, -0.2) is 34.2 Å². The zero-order valence-corrected chi connectivity index (χ0v) is 15.8. The number of rotatable bonds is 3. The molecule has 2 aliphatic rings. The zero-order valence-electron chi connectivity index (χ0n) is 15.8. The summed E-state index contributed by atoms with van der Waals surface area (Å²) < 4.78 is 5.60. The van der Waals surface area contributed by atoms with E-state index in [1.165, 1.54) is 25.7 Å². The quantitative estimate of drug-likeness (QED) is 0.846. The fraction of sp³-hybridized carbons (Fsp3) is 0.700. The van der Waals surface area contributed by atoms with Crippen molar-refractivity contribution in [2.45, 2.75) is 83.4 Å². The molecule has 0 spiro atoms. The molecule has 1 atom stereocenters. The number of hydrogen-bond donors (Lipinski definition) is 1. The SMILES string of the molecule is CC(C)(C)OC(=O)N1CCCCC1c1ccc(NC2CCCC2)nc1. The number of anilines is 1. The number of ether oxygens (including phenoxy) is 1. The van der Waals surface area contributed by atoms with E-state index in [1.807, 2.05) is 31.9 Å². The summed E-state index contributed by atoms with van der Waals surface area (Å²) in [7, 11) is 0. The van der Waals surface area contributed by atoms with Gasteiger partial charge in [-0.05, 0) is 64.5 Å². The molecule has 0 radical (unpaired) electrons. The highest BCUT2D eigenvalue weighted by Crippen LogP contribution is 2.32. The van der Waals surface area contributed by atoms with Crippen molar-refractivity contribution in [1.82, 2.24) is 9.88 Å². The normalized spacial score (nSPS) is 22.0. The Morgan fingerprint density at radius 2 is 1.88 bits per heavy atom. The maximum atomic E-state index is 12.6. The summed E-state index contributed by atoms with van der Waals surface area (Å²) in [6, 6.07) is 4.79. The number of carbonyl (C=O) groups excluding carboxylic acids is 1. The highest BCUT2D eigenvalue weighted by molar-refractivity contribution is 5.69. The first-order valence-electron chi connectivity index (χ1n) is 9.64. The molecule has 25 heavy (non-hydrogen) atoms. The number of nitrogens with one attached hydrogen (secondary N) is 1. The molecule has 1 N–H and O–H groups in total. The first kappa shape index (κ1) is 18.0. The maximum Gasteiger partial charge on any atom is 0.410 e. The number of hydrogen-bond acceptors (Lipinski definition) is 4. The lowest BCUT2D eigenvalue weighted by molar-refractivity contribution is 0.00948. The smallest absolute Gasteiger partial charge is 0.410 e. The summed E-state index contributed by atoms with van der Waals surface area (Å²) in [6.07, 6.45) is 9.92. The first-order chi connectivity index (χ1) is 11.9. The number of piperidine rings is 1. The predicted octanol–water partition coefficient (Wildman–Crippen LogP) is 4.90. The number of carbonyl (C=O) groups is 1. The average molecular weight is 345 g/mol. The number of likely N-dealkylation sites (tertiary alicyclic amines) is 1. The van der Waals surface area contributed by atoms with Gasteiger partial charge in [0.1, 0.15) is 11.4 Å². The minimum absolute atomic E-state index is 0.0663. The van der Waals surface area contributed by atoms with Gasteiger partial charge in [0.15, 0.2) is 0 Å². The summed E-state index contributed by atoms with van der Waals surface area (Å²) >= 11 is 0. The lowest BCUT2D eigenvalue weighted by Crippen LogP contribution is -2.41. The lowest BCUT2D eigenvalue weighted by atomic mass is 9.97. The summed E-state index contributed by atoms with van der Waals surface area (Å²) in [5.74, 6) is 0.940. The summed E-state index contributed by atoms with van der Waals surface area (Å²) in [6.45, 7) is 6.49. The van der Waals surface area contributed by atoms with E-state index in [-0.39, 0.29) is 12.1 Å². The van der Waals surface area contributed by atoms with Crippen molar-refractivity contribution in [2.75, 3.05) is 11.9 Å². The van der Waals surface area contributed by atoms with Crippen LogP contribution in [0.15, 0.2) is 18.3 Å². The van der Waals surface area contributed by atoms with Crippen molar-refractivity contribution in [3.8, 4) is 0 Å². The molecule has 3 rings (SSSR count). The highest BCUT2D eigenvalue weighted by Gasteiger charge is 2.31. The molecule has 2 fully saturated rings. The van der Waals surface area contributed by atoms with Gasteiger partial charge in [0.25, 0.3) is 0 Å². The van der Waals surface area contributed by atoms with Crippen LogP contribution in [-0.2, 0) is 4.74 Å². The fourth-order valence-electron chi connectivity index (χ4n) is 3.78. The van der Waals surface area contributed by atoms with Crippen molar-refractivity contribution >= 4 is 11.9 Å². The molecule has 0 aromatic carbocycles. The lowest BCUT2D eigenvalue weighted by Gasteiger charge is -2.37. The van der Waals surface area contributed by atoms with Crippen LogP contribution in [0.1, 0.15) is 77.3 Å². The second kappa shape index (κ2) is 7.63. The molecule has 5 heteroatoms. The fourth-order valence-corrected chi connectivity index (χ4v) is 3.78. The van der Waals surface area contributed by atoms with Gasteiger partial charge in [-0.1, -0.05) is 18.9 Å². The molecule has 1 aliphatic carbocycles. The topological polar surface area (TPSA) is 54.5 Å². The third-order valence-corrected chi connectivity index (χ3v) is 5.01. The van der Waals surface area contributed by atoms with Gasteiger partial charge in [-0.25, -0.2) is 9.78 Å². The molecule has 1 aliphatic heterocycles. The van der Waals surface area contributed by atoms with Crippen molar-refractivity contribution < 1.29 is 9.53 Å². The summed E-state index contributed by atoms with van der Waals surface area (Å²) in [4.78, 5) is 19.0.